The molecule has 0 aliphatic carbocycles. The second-order valence-electron chi connectivity index (χ2n) is 5.92. The zero-order valence-electron chi connectivity index (χ0n) is 10.7. The van der Waals surface area contributed by atoms with Crippen LogP contribution in [0.4, 0.5) is 0 Å². The van der Waals surface area contributed by atoms with Crippen molar-refractivity contribution in [3.05, 3.63) is 0 Å². The number of nitrogens with two attached hydrogens (primary N) is 2. The van der Waals surface area contributed by atoms with E-state index in [-0.39, 0.29) is 6.17 Å². The molecular weight excluding hydrogens is 172 g/mol. The van der Waals surface area contributed by atoms with Crippen LogP contribution in [0.15, 0.2) is 0 Å². The third kappa shape index (κ3) is 4.43. The largest absolute Gasteiger partial charge is 0.316 e. The average molecular weight is 200 g/mol. The Balaban J connectivity index is 4.12. The lowest BCUT2D eigenvalue weighted by molar-refractivity contribution is 0.185. The topological polar surface area (TPSA) is 52.0 Å². The van der Waals surface area contributed by atoms with Crippen molar-refractivity contribution in [1.82, 2.24) is 0 Å². The Morgan fingerprint density at radius 2 is 1.43 bits per heavy atom. The van der Waals surface area contributed by atoms with Crippen LogP contribution in [0, 0.1) is 23.2 Å². The minimum absolute atomic E-state index is 0.183. The molecule has 3 atom stereocenters. The Labute approximate surface area is 89.4 Å². The third-order valence-corrected chi connectivity index (χ3v) is 3.71. The lowest BCUT2D eigenvalue weighted by Gasteiger charge is -2.32. The van der Waals surface area contributed by atoms with Crippen molar-refractivity contribution in [1.29, 1.82) is 0 Å². The molecule has 0 amide bonds. The van der Waals surface area contributed by atoms with E-state index in [1.165, 1.54) is 6.42 Å². The summed E-state index contributed by atoms with van der Waals surface area (Å²) >= 11 is 0. The SMILES string of the molecule is CC(CC(C)C(C)(C)C)C(C)C(N)N. The Hall–Kier alpha value is -0.0800. The van der Waals surface area contributed by atoms with Gasteiger partial charge in [0.2, 0.25) is 0 Å². The fourth-order valence-corrected chi connectivity index (χ4v) is 1.51. The minimum Gasteiger partial charge on any atom is -0.316 e. The van der Waals surface area contributed by atoms with Crippen molar-refractivity contribution in [3.8, 4) is 0 Å². The van der Waals surface area contributed by atoms with Gasteiger partial charge in [-0.2, -0.15) is 0 Å². The molecule has 0 fully saturated rings. The lowest BCUT2D eigenvalue weighted by Crippen LogP contribution is -2.41. The first-order chi connectivity index (χ1) is 6.16. The maximum absolute atomic E-state index is 5.70. The quantitative estimate of drug-likeness (QED) is 0.685. The molecule has 0 aromatic carbocycles. The molecule has 86 valence electrons. The van der Waals surface area contributed by atoms with Gasteiger partial charge in [-0.1, -0.05) is 41.5 Å². The standard InChI is InChI=1S/C12H28N2/c1-8(10(3)11(13)14)7-9(2)12(4,5)6/h8-11H,7,13-14H2,1-6H3. The van der Waals surface area contributed by atoms with E-state index in [2.05, 4.69) is 41.5 Å². The summed E-state index contributed by atoms with van der Waals surface area (Å²) in [4.78, 5) is 0. The molecule has 2 heteroatoms. The van der Waals surface area contributed by atoms with Crippen LogP contribution in [0.2, 0.25) is 0 Å². The van der Waals surface area contributed by atoms with Gasteiger partial charge in [-0.05, 0) is 29.6 Å². The molecule has 3 unspecified atom stereocenters. The highest BCUT2D eigenvalue weighted by Gasteiger charge is 2.25. The van der Waals surface area contributed by atoms with Crippen molar-refractivity contribution < 1.29 is 0 Å². The molecule has 0 saturated carbocycles. The van der Waals surface area contributed by atoms with Crippen LogP contribution in [-0.4, -0.2) is 6.17 Å². The van der Waals surface area contributed by atoms with E-state index >= 15 is 0 Å². The highest BCUT2D eigenvalue weighted by atomic mass is 14.9. The summed E-state index contributed by atoms with van der Waals surface area (Å²) in [7, 11) is 0. The van der Waals surface area contributed by atoms with Gasteiger partial charge in [0.25, 0.3) is 0 Å². The van der Waals surface area contributed by atoms with E-state index in [0.29, 0.717) is 23.2 Å². The maximum atomic E-state index is 5.70. The molecule has 2 nitrogen and oxygen atoms in total. The highest BCUT2D eigenvalue weighted by molar-refractivity contribution is 4.76. The molecule has 0 spiro atoms. The second kappa shape index (κ2) is 5.13. The fourth-order valence-electron chi connectivity index (χ4n) is 1.51. The molecule has 0 heterocycles. The molecule has 0 bridgehead atoms. The molecule has 0 saturated heterocycles. The highest BCUT2D eigenvalue weighted by Crippen LogP contribution is 2.32. The van der Waals surface area contributed by atoms with Crippen LogP contribution < -0.4 is 11.5 Å². The summed E-state index contributed by atoms with van der Waals surface area (Å²) in [6.45, 7) is 13.6. The maximum Gasteiger partial charge on any atom is 0.0549 e. The van der Waals surface area contributed by atoms with E-state index in [0.717, 1.165) is 0 Å². The van der Waals surface area contributed by atoms with Crippen LogP contribution in [0.3, 0.4) is 0 Å². The predicted molar refractivity (Wildman–Crippen MR) is 63.7 cm³/mol. The Morgan fingerprint density at radius 1 is 1.00 bits per heavy atom. The van der Waals surface area contributed by atoms with Crippen LogP contribution >= 0.6 is 0 Å². The fraction of sp³-hybridized carbons (Fsp3) is 1.00. The van der Waals surface area contributed by atoms with Gasteiger partial charge in [-0.25, -0.2) is 0 Å². The summed E-state index contributed by atoms with van der Waals surface area (Å²) < 4.78 is 0. The molecule has 4 N–H and O–H groups in total. The first-order valence-electron chi connectivity index (χ1n) is 5.67. The molecule has 0 rings (SSSR count). The van der Waals surface area contributed by atoms with Gasteiger partial charge in [0.1, 0.15) is 0 Å². The molecule has 0 aromatic heterocycles. The van der Waals surface area contributed by atoms with Crippen LogP contribution in [0.5, 0.6) is 0 Å². The minimum atomic E-state index is -0.183. The number of rotatable bonds is 4. The molecule has 0 aliphatic rings. The lowest BCUT2D eigenvalue weighted by atomic mass is 9.75. The van der Waals surface area contributed by atoms with Crippen molar-refractivity contribution in [3.63, 3.8) is 0 Å². The number of hydrogen-bond donors (Lipinski definition) is 2. The Morgan fingerprint density at radius 3 is 1.71 bits per heavy atom. The van der Waals surface area contributed by atoms with Gasteiger partial charge in [0.05, 0.1) is 6.17 Å². The van der Waals surface area contributed by atoms with Crippen LogP contribution in [0.1, 0.15) is 48.0 Å². The summed E-state index contributed by atoms with van der Waals surface area (Å²) in [6, 6.07) is 0. The zero-order valence-corrected chi connectivity index (χ0v) is 10.7. The van der Waals surface area contributed by atoms with Gasteiger partial charge >= 0.3 is 0 Å². The van der Waals surface area contributed by atoms with Gasteiger partial charge in [0, 0.05) is 0 Å². The molecular formula is C12H28N2. The van der Waals surface area contributed by atoms with E-state index in [4.69, 9.17) is 11.5 Å². The normalized spacial score (nSPS) is 19.5. The first-order valence-corrected chi connectivity index (χ1v) is 5.67. The first kappa shape index (κ1) is 13.9. The summed E-state index contributed by atoms with van der Waals surface area (Å²) in [6.07, 6.45) is 1.02. The summed E-state index contributed by atoms with van der Waals surface area (Å²) in [5.74, 6) is 1.71. The van der Waals surface area contributed by atoms with Crippen molar-refractivity contribution in [2.45, 2.75) is 54.1 Å². The Kier molecular flexibility index (Phi) is 5.10. The van der Waals surface area contributed by atoms with E-state index < -0.39 is 0 Å². The van der Waals surface area contributed by atoms with Crippen LogP contribution in [-0.2, 0) is 0 Å². The zero-order chi connectivity index (χ0) is 11.5. The molecule has 0 aromatic rings. The van der Waals surface area contributed by atoms with Crippen molar-refractivity contribution in [2.75, 3.05) is 0 Å². The van der Waals surface area contributed by atoms with E-state index in [9.17, 15) is 0 Å². The van der Waals surface area contributed by atoms with Crippen molar-refractivity contribution >= 4 is 0 Å². The van der Waals surface area contributed by atoms with Crippen molar-refractivity contribution in [2.24, 2.45) is 34.6 Å². The monoisotopic (exact) mass is 200 g/mol. The van der Waals surface area contributed by atoms with E-state index in [1.807, 2.05) is 0 Å². The van der Waals surface area contributed by atoms with Gasteiger partial charge in [0.15, 0.2) is 0 Å². The van der Waals surface area contributed by atoms with Gasteiger partial charge in [-0.15, -0.1) is 0 Å². The number of hydrogen-bond acceptors (Lipinski definition) is 2. The molecule has 0 radical (unpaired) electrons. The summed E-state index contributed by atoms with van der Waals surface area (Å²) in [5, 5.41) is 0. The van der Waals surface area contributed by atoms with Gasteiger partial charge in [-0.3, -0.25) is 0 Å². The summed E-state index contributed by atoms with van der Waals surface area (Å²) in [5.41, 5.74) is 11.8. The van der Waals surface area contributed by atoms with Crippen LogP contribution in [0.25, 0.3) is 0 Å². The average Bonchev–Trinajstić information content (AvgIpc) is 2.00. The second-order valence-corrected chi connectivity index (χ2v) is 5.92. The smallest absolute Gasteiger partial charge is 0.0549 e. The predicted octanol–water partition coefficient (Wildman–Crippen LogP) is 2.57. The van der Waals surface area contributed by atoms with Gasteiger partial charge < -0.3 is 11.5 Å². The molecule has 14 heavy (non-hydrogen) atoms. The third-order valence-electron chi connectivity index (χ3n) is 3.71. The van der Waals surface area contributed by atoms with E-state index in [1.54, 1.807) is 0 Å². The Bertz CT molecular complexity index is 158. The molecule has 0 aliphatic heterocycles.